The van der Waals surface area contributed by atoms with Crippen molar-refractivity contribution < 1.29 is 14.0 Å². The van der Waals surface area contributed by atoms with Crippen molar-refractivity contribution in [3.63, 3.8) is 0 Å². The number of carbonyl (C=O) groups excluding carboxylic acids is 2. The molecule has 1 aliphatic rings. The number of anilines is 2. The molecular weight excluding hydrogens is 549 g/mol. The Labute approximate surface area is 241 Å². The van der Waals surface area contributed by atoms with E-state index >= 15 is 0 Å². The number of nitrogens with one attached hydrogen (secondary N) is 3. The van der Waals surface area contributed by atoms with E-state index < -0.39 is 11.9 Å². The van der Waals surface area contributed by atoms with E-state index in [9.17, 15) is 14.0 Å². The molecule has 3 heterocycles. The zero-order chi connectivity index (χ0) is 28.2. The first-order valence-corrected chi connectivity index (χ1v) is 14.6. The Balaban J connectivity index is 1.28. The van der Waals surface area contributed by atoms with Gasteiger partial charge in [-0.05, 0) is 68.7 Å². The third-order valence-corrected chi connectivity index (χ3v) is 8.76. The molecule has 0 saturated heterocycles. The van der Waals surface area contributed by atoms with Crippen molar-refractivity contribution in [3.8, 4) is 0 Å². The quantitative estimate of drug-likeness (QED) is 0.194. The highest BCUT2D eigenvalue weighted by atomic mass is 35.5. The molecule has 2 atom stereocenters. The van der Waals surface area contributed by atoms with Gasteiger partial charge in [0.15, 0.2) is 0 Å². The number of aryl methyl sites for hydroxylation is 1. The molecular formula is C30H31ClFN5O2S. The molecule has 7 nitrogen and oxygen atoms in total. The minimum absolute atomic E-state index is 0.0738. The van der Waals surface area contributed by atoms with Crippen LogP contribution < -0.4 is 16.0 Å². The minimum Gasteiger partial charge on any atom is -0.376 e. The first-order chi connectivity index (χ1) is 19.2. The summed E-state index contributed by atoms with van der Waals surface area (Å²) in [4.78, 5) is 36.6. The molecule has 1 aliphatic carbocycles. The standard InChI is InChI=1S/C30H31ClFN5O2S/c1-17-25(14-21(31)15-33-17)35-18(2)27-9-10-28(40-27)30(39)37-26(11-19-5-3-4-6-19)29(38)36-23-7-8-24-20(13-23)12-22(32)16-34-24/h7-10,12-16,18-19,26,35H,3-6,11H2,1-2H3,(H,36,38)(H,37,39). The summed E-state index contributed by atoms with van der Waals surface area (Å²) in [6.07, 6.45) is 7.70. The van der Waals surface area contributed by atoms with Gasteiger partial charge >= 0.3 is 0 Å². The van der Waals surface area contributed by atoms with Crippen molar-refractivity contribution in [3.05, 3.63) is 81.1 Å². The number of nitrogens with zero attached hydrogens (tertiary/aromatic N) is 2. The van der Waals surface area contributed by atoms with Crippen LogP contribution in [0.4, 0.5) is 15.8 Å². The summed E-state index contributed by atoms with van der Waals surface area (Å²) >= 11 is 7.49. The normalized spacial score (nSPS) is 15.1. The van der Waals surface area contributed by atoms with Crippen molar-refractivity contribution in [2.75, 3.05) is 10.6 Å². The van der Waals surface area contributed by atoms with Gasteiger partial charge in [-0.1, -0.05) is 37.3 Å². The molecule has 40 heavy (non-hydrogen) atoms. The van der Waals surface area contributed by atoms with E-state index in [1.54, 1.807) is 30.5 Å². The number of pyridine rings is 2. The maximum atomic E-state index is 13.7. The lowest BCUT2D eigenvalue weighted by Gasteiger charge is -2.21. The number of halogens is 2. The number of amides is 2. The second-order valence-electron chi connectivity index (χ2n) is 10.3. The van der Waals surface area contributed by atoms with Gasteiger partial charge in [-0.15, -0.1) is 11.3 Å². The lowest BCUT2D eigenvalue weighted by Crippen LogP contribution is -2.44. The molecule has 10 heteroatoms. The maximum Gasteiger partial charge on any atom is 0.262 e. The van der Waals surface area contributed by atoms with Gasteiger partial charge in [0.1, 0.15) is 11.9 Å². The Morgan fingerprint density at radius 2 is 1.90 bits per heavy atom. The molecule has 4 aromatic rings. The van der Waals surface area contributed by atoms with E-state index in [0.29, 0.717) is 38.8 Å². The third kappa shape index (κ3) is 6.77. The van der Waals surface area contributed by atoms with Crippen LogP contribution in [-0.4, -0.2) is 27.8 Å². The van der Waals surface area contributed by atoms with Crippen LogP contribution in [0.2, 0.25) is 5.02 Å². The molecule has 0 spiro atoms. The summed E-state index contributed by atoms with van der Waals surface area (Å²) in [7, 11) is 0. The van der Waals surface area contributed by atoms with Crippen LogP contribution in [0.15, 0.2) is 54.9 Å². The molecule has 1 fully saturated rings. The van der Waals surface area contributed by atoms with Gasteiger partial charge in [0, 0.05) is 22.1 Å². The van der Waals surface area contributed by atoms with E-state index in [1.165, 1.54) is 17.4 Å². The van der Waals surface area contributed by atoms with Gasteiger partial charge in [-0.3, -0.25) is 19.6 Å². The largest absolute Gasteiger partial charge is 0.376 e. The van der Waals surface area contributed by atoms with Crippen LogP contribution >= 0.6 is 22.9 Å². The van der Waals surface area contributed by atoms with Crippen LogP contribution in [0, 0.1) is 18.7 Å². The molecule has 2 amide bonds. The molecule has 208 valence electrons. The molecule has 0 aliphatic heterocycles. The minimum atomic E-state index is -0.696. The Kier molecular flexibility index (Phi) is 8.61. The number of hydrogen-bond donors (Lipinski definition) is 3. The summed E-state index contributed by atoms with van der Waals surface area (Å²) in [5.74, 6) is -0.642. The molecule has 2 unspecified atom stereocenters. The lowest BCUT2D eigenvalue weighted by molar-refractivity contribution is -0.118. The van der Waals surface area contributed by atoms with Crippen LogP contribution in [0.1, 0.15) is 65.3 Å². The number of hydrogen-bond acceptors (Lipinski definition) is 6. The summed E-state index contributed by atoms with van der Waals surface area (Å²) in [5.41, 5.74) is 2.83. The number of aromatic nitrogens is 2. The van der Waals surface area contributed by atoms with E-state index in [0.717, 1.165) is 48.1 Å². The first kappa shape index (κ1) is 28.0. The number of carbonyl (C=O) groups is 2. The molecule has 3 N–H and O–H groups in total. The number of benzene rings is 1. The topological polar surface area (TPSA) is 96.0 Å². The summed E-state index contributed by atoms with van der Waals surface area (Å²) < 4.78 is 13.7. The zero-order valence-corrected chi connectivity index (χ0v) is 23.9. The first-order valence-electron chi connectivity index (χ1n) is 13.4. The maximum absolute atomic E-state index is 13.7. The van der Waals surface area contributed by atoms with Gasteiger partial charge in [-0.2, -0.15) is 0 Å². The number of thiophene rings is 1. The monoisotopic (exact) mass is 579 g/mol. The number of rotatable bonds is 9. The van der Waals surface area contributed by atoms with Crippen molar-refractivity contribution in [2.24, 2.45) is 5.92 Å². The van der Waals surface area contributed by atoms with Gasteiger partial charge in [0.05, 0.1) is 39.0 Å². The predicted octanol–water partition coefficient (Wildman–Crippen LogP) is 7.28. The van der Waals surface area contributed by atoms with E-state index in [1.807, 2.05) is 26.0 Å². The van der Waals surface area contributed by atoms with Crippen LogP contribution in [0.5, 0.6) is 0 Å². The predicted molar refractivity (Wildman–Crippen MR) is 159 cm³/mol. The average molecular weight is 580 g/mol. The SMILES string of the molecule is Cc1ncc(Cl)cc1NC(C)c1ccc(C(=O)NC(CC2CCCC2)C(=O)Nc2ccc3ncc(F)cc3c2)s1. The highest BCUT2D eigenvalue weighted by Crippen LogP contribution is 2.31. The summed E-state index contributed by atoms with van der Waals surface area (Å²) in [6.45, 7) is 3.91. The van der Waals surface area contributed by atoms with Crippen molar-refractivity contribution in [1.29, 1.82) is 0 Å². The van der Waals surface area contributed by atoms with Gasteiger partial charge in [0.2, 0.25) is 5.91 Å². The van der Waals surface area contributed by atoms with Gasteiger partial charge < -0.3 is 16.0 Å². The Morgan fingerprint density at radius 1 is 1.10 bits per heavy atom. The van der Waals surface area contributed by atoms with Crippen molar-refractivity contribution >= 4 is 57.0 Å². The third-order valence-electron chi connectivity index (χ3n) is 7.28. The highest BCUT2D eigenvalue weighted by Gasteiger charge is 2.28. The van der Waals surface area contributed by atoms with Crippen LogP contribution in [0.25, 0.3) is 10.9 Å². The van der Waals surface area contributed by atoms with Crippen LogP contribution in [-0.2, 0) is 4.79 Å². The Morgan fingerprint density at radius 3 is 2.70 bits per heavy atom. The molecule has 0 bridgehead atoms. The van der Waals surface area contributed by atoms with E-state index in [2.05, 4.69) is 25.9 Å². The smallest absolute Gasteiger partial charge is 0.262 e. The second kappa shape index (κ2) is 12.3. The Bertz CT molecular complexity index is 1540. The van der Waals surface area contributed by atoms with Crippen LogP contribution in [0.3, 0.4) is 0 Å². The Hall–Kier alpha value is -3.56. The molecule has 0 radical (unpaired) electrons. The average Bonchev–Trinajstić information content (AvgIpc) is 3.63. The van der Waals surface area contributed by atoms with Gasteiger partial charge in [-0.25, -0.2) is 4.39 Å². The van der Waals surface area contributed by atoms with E-state index in [-0.39, 0.29) is 17.9 Å². The fraction of sp³-hybridized carbons (Fsp3) is 0.333. The molecule has 3 aromatic heterocycles. The molecule has 1 aromatic carbocycles. The zero-order valence-electron chi connectivity index (χ0n) is 22.3. The molecule has 1 saturated carbocycles. The van der Waals surface area contributed by atoms with Crippen molar-refractivity contribution in [1.82, 2.24) is 15.3 Å². The summed E-state index contributed by atoms with van der Waals surface area (Å²) in [6, 6.07) is 11.3. The highest BCUT2D eigenvalue weighted by molar-refractivity contribution is 7.14. The van der Waals surface area contributed by atoms with Gasteiger partial charge in [0.25, 0.3) is 5.91 Å². The fourth-order valence-corrected chi connectivity index (χ4v) is 6.19. The fourth-order valence-electron chi connectivity index (χ4n) is 5.12. The van der Waals surface area contributed by atoms with E-state index in [4.69, 9.17) is 11.6 Å². The number of fused-ring (bicyclic) bond motifs is 1. The molecule has 5 rings (SSSR count). The van der Waals surface area contributed by atoms with Crippen molar-refractivity contribution in [2.45, 2.75) is 58.0 Å². The lowest BCUT2D eigenvalue weighted by atomic mass is 9.97. The second-order valence-corrected chi connectivity index (χ2v) is 11.9. The summed E-state index contributed by atoms with van der Waals surface area (Å²) in [5, 5.41) is 10.4.